The van der Waals surface area contributed by atoms with Gasteiger partial charge in [0.15, 0.2) is 0 Å². The Bertz CT molecular complexity index is 2190. The third-order valence-corrected chi connectivity index (χ3v) is 10.5. The van der Waals surface area contributed by atoms with Crippen LogP contribution in [0.3, 0.4) is 0 Å². The minimum absolute atomic E-state index is 0.268. The van der Waals surface area contributed by atoms with Crippen molar-refractivity contribution in [3.63, 3.8) is 0 Å². The predicted molar refractivity (Wildman–Crippen MR) is 174 cm³/mol. The lowest BCUT2D eigenvalue weighted by Gasteiger charge is -2.30. The molecule has 0 radical (unpaired) electrons. The smallest absolute Gasteiger partial charge is 0.0441 e. The average Bonchev–Trinajstić information content (AvgIpc) is 3.30. The molecule has 0 saturated carbocycles. The van der Waals surface area contributed by atoms with Gasteiger partial charge in [0.1, 0.15) is 0 Å². The second-order valence-corrected chi connectivity index (χ2v) is 12.5. The number of hydrogen-bond acceptors (Lipinski definition) is 1. The van der Waals surface area contributed by atoms with Gasteiger partial charge in [-0.3, -0.25) is 0 Å². The van der Waals surface area contributed by atoms with Crippen molar-refractivity contribution in [2.24, 2.45) is 0 Å². The summed E-state index contributed by atoms with van der Waals surface area (Å²) in [6.45, 7) is 2.43. The van der Waals surface area contributed by atoms with Crippen molar-refractivity contribution in [1.82, 2.24) is 0 Å². The number of fused-ring (bicyclic) bond motifs is 7. The molecule has 0 N–H and O–H groups in total. The first-order valence-corrected chi connectivity index (χ1v) is 15.1. The van der Waals surface area contributed by atoms with E-state index in [1.165, 1.54) is 81.4 Å². The van der Waals surface area contributed by atoms with Gasteiger partial charge >= 0.3 is 0 Å². The van der Waals surface area contributed by atoms with Crippen molar-refractivity contribution < 1.29 is 0 Å². The summed E-state index contributed by atoms with van der Waals surface area (Å²) in [4.78, 5) is 2.67. The zero-order chi connectivity index (χ0) is 27.1. The maximum atomic E-state index is 2.49. The first-order chi connectivity index (χ1) is 20.2. The molecule has 0 fully saturated rings. The molecule has 9 rings (SSSR count). The molecule has 0 spiro atoms. The van der Waals surface area contributed by atoms with E-state index < -0.39 is 0 Å². The predicted octanol–water partition coefficient (Wildman–Crippen LogP) is 11.1. The summed E-state index contributed by atoms with van der Waals surface area (Å²) in [6, 6.07) is 52.0. The van der Waals surface area contributed by atoms with E-state index in [1.54, 1.807) is 0 Å². The third-order valence-electron chi connectivity index (χ3n) is 9.32. The highest BCUT2D eigenvalue weighted by Crippen LogP contribution is 2.56. The fraction of sp³-hybridized carbons (Fsp3) is 0.0500. The van der Waals surface area contributed by atoms with Crippen molar-refractivity contribution in [3.8, 4) is 33.4 Å². The molecular formula is C40H26S. The van der Waals surface area contributed by atoms with Crippen LogP contribution in [0.15, 0.2) is 149 Å². The van der Waals surface area contributed by atoms with Gasteiger partial charge in [-0.25, -0.2) is 0 Å². The maximum absolute atomic E-state index is 2.49. The van der Waals surface area contributed by atoms with E-state index >= 15 is 0 Å². The van der Waals surface area contributed by atoms with Gasteiger partial charge in [0.05, 0.1) is 0 Å². The van der Waals surface area contributed by atoms with E-state index in [0.29, 0.717) is 0 Å². The summed E-state index contributed by atoms with van der Waals surface area (Å²) in [5, 5.41) is 5.30. The van der Waals surface area contributed by atoms with Crippen LogP contribution in [-0.2, 0) is 5.41 Å². The van der Waals surface area contributed by atoms with Gasteiger partial charge in [0.2, 0.25) is 0 Å². The van der Waals surface area contributed by atoms with Crippen molar-refractivity contribution in [3.05, 3.63) is 156 Å². The minimum Gasteiger partial charge on any atom is -0.0888 e. The molecule has 0 aromatic heterocycles. The Morgan fingerprint density at radius 2 is 1.22 bits per heavy atom. The summed E-state index contributed by atoms with van der Waals surface area (Å²) in [5.41, 5.74) is 11.8. The lowest BCUT2D eigenvalue weighted by molar-refractivity contribution is 0.720. The topological polar surface area (TPSA) is 0 Å². The van der Waals surface area contributed by atoms with E-state index in [0.717, 1.165) is 0 Å². The molecule has 1 atom stereocenters. The first kappa shape index (κ1) is 23.1. The van der Waals surface area contributed by atoms with Crippen LogP contribution < -0.4 is 0 Å². The van der Waals surface area contributed by atoms with Crippen molar-refractivity contribution in [1.29, 1.82) is 0 Å². The highest BCUT2D eigenvalue weighted by molar-refractivity contribution is 7.99. The summed E-state index contributed by atoms with van der Waals surface area (Å²) in [7, 11) is 0. The highest BCUT2D eigenvalue weighted by atomic mass is 32.2. The highest BCUT2D eigenvalue weighted by Gasteiger charge is 2.42. The molecule has 0 bridgehead atoms. The Morgan fingerprint density at radius 3 is 2.15 bits per heavy atom. The van der Waals surface area contributed by atoms with Crippen LogP contribution in [-0.4, -0.2) is 0 Å². The molecule has 1 unspecified atom stereocenters. The zero-order valence-electron chi connectivity index (χ0n) is 22.7. The molecule has 1 heteroatoms. The normalized spacial score (nSPS) is 16.4. The summed E-state index contributed by atoms with van der Waals surface area (Å²) < 4.78 is 0. The molecular weight excluding hydrogens is 513 g/mol. The van der Waals surface area contributed by atoms with Crippen LogP contribution >= 0.6 is 11.8 Å². The number of hydrogen-bond donors (Lipinski definition) is 0. The molecule has 0 saturated heterocycles. The van der Waals surface area contributed by atoms with Crippen LogP contribution in [0.5, 0.6) is 0 Å². The van der Waals surface area contributed by atoms with Gasteiger partial charge in [0.25, 0.3) is 0 Å². The van der Waals surface area contributed by atoms with E-state index in [2.05, 4.69) is 146 Å². The molecule has 7 aromatic rings. The zero-order valence-corrected chi connectivity index (χ0v) is 23.5. The second-order valence-electron chi connectivity index (χ2n) is 11.4. The molecule has 41 heavy (non-hydrogen) atoms. The molecule has 2 aliphatic rings. The first-order valence-electron chi connectivity index (χ1n) is 14.3. The van der Waals surface area contributed by atoms with E-state index in [4.69, 9.17) is 0 Å². The fourth-order valence-electron chi connectivity index (χ4n) is 7.43. The number of rotatable bonds is 2. The van der Waals surface area contributed by atoms with Crippen LogP contribution in [0.25, 0.3) is 54.9 Å². The minimum atomic E-state index is -0.268. The molecule has 0 nitrogen and oxygen atoms in total. The lowest BCUT2D eigenvalue weighted by Crippen LogP contribution is -2.22. The van der Waals surface area contributed by atoms with Gasteiger partial charge in [0, 0.05) is 20.6 Å². The quantitative estimate of drug-likeness (QED) is 0.211. The Balaban J connectivity index is 1.35. The second kappa shape index (κ2) is 8.46. The summed E-state index contributed by atoms with van der Waals surface area (Å²) in [6.07, 6.45) is 0. The largest absolute Gasteiger partial charge is 0.0888 e. The fourth-order valence-corrected chi connectivity index (χ4v) is 8.56. The molecule has 1 aliphatic carbocycles. The van der Waals surface area contributed by atoms with E-state index in [-0.39, 0.29) is 5.41 Å². The van der Waals surface area contributed by atoms with Gasteiger partial charge in [-0.15, -0.1) is 0 Å². The molecule has 7 aromatic carbocycles. The van der Waals surface area contributed by atoms with Gasteiger partial charge < -0.3 is 0 Å². The number of benzene rings is 7. The molecule has 1 aliphatic heterocycles. The Labute approximate surface area is 244 Å². The summed E-state index contributed by atoms with van der Waals surface area (Å²) in [5.74, 6) is 0. The maximum Gasteiger partial charge on any atom is 0.0441 e. The Morgan fingerprint density at radius 1 is 0.512 bits per heavy atom. The van der Waals surface area contributed by atoms with Crippen molar-refractivity contribution in [2.75, 3.05) is 0 Å². The van der Waals surface area contributed by atoms with Gasteiger partial charge in [-0.2, -0.15) is 0 Å². The lowest BCUT2D eigenvalue weighted by atomic mass is 9.72. The molecule has 1 heterocycles. The SMILES string of the molecule is CC1(c2ccccc2)c2cc(-c3ccc4cccc5c4c3-c3ccccc3S5)ccc2-c2ccc3ccccc3c21. The van der Waals surface area contributed by atoms with E-state index in [1.807, 2.05) is 11.8 Å². The Kier molecular flexibility index (Phi) is 4.77. The van der Waals surface area contributed by atoms with Crippen molar-refractivity contribution >= 4 is 33.3 Å². The van der Waals surface area contributed by atoms with Crippen LogP contribution in [0, 0.1) is 0 Å². The molecule has 192 valence electrons. The van der Waals surface area contributed by atoms with E-state index in [9.17, 15) is 0 Å². The van der Waals surface area contributed by atoms with Crippen LogP contribution in [0.1, 0.15) is 23.6 Å². The van der Waals surface area contributed by atoms with Gasteiger partial charge in [-0.05, 0) is 91.4 Å². The monoisotopic (exact) mass is 538 g/mol. The molecule has 0 amide bonds. The third kappa shape index (κ3) is 3.13. The summed E-state index contributed by atoms with van der Waals surface area (Å²) >= 11 is 1.89. The van der Waals surface area contributed by atoms with Crippen LogP contribution in [0.4, 0.5) is 0 Å². The van der Waals surface area contributed by atoms with Crippen LogP contribution in [0.2, 0.25) is 0 Å². The van der Waals surface area contributed by atoms with Gasteiger partial charge in [-0.1, -0.05) is 133 Å². The van der Waals surface area contributed by atoms with Crippen molar-refractivity contribution in [2.45, 2.75) is 22.1 Å². The average molecular weight is 539 g/mol. The standard InChI is InChI=1S/C40H26S/c1-40(28-12-3-2-4-13-28)34-24-27(20-22-31(34)32-23-18-25-10-5-6-14-30(25)39(32)40)29-21-19-26-11-9-17-36-37(26)38(29)33-15-7-8-16-35(33)41-36/h2-24H,1H3. The Hall–Kier alpha value is -4.59.